The summed E-state index contributed by atoms with van der Waals surface area (Å²) in [5.74, 6) is -2.58. The van der Waals surface area contributed by atoms with Gasteiger partial charge in [-0.15, -0.1) is 0 Å². The summed E-state index contributed by atoms with van der Waals surface area (Å²) >= 11 is 0. The van der Waals surface area contributed by atoms with Crippen molar-refractivity contribution >= 4 is 5.97 Å². The van der Waals surface area contributed by atoms with Crippen LogP contribution in [-0.2, 0) is 33.2 Å². The lowest BCUT2D eigenvalue weighted by Gasteiger charge is -2.48. The topological polar surface area (TPSA) is 243 Å². The molecule has 0 saturated carbocycles. The molecule has 3 fully saturated rings. The number of hydrogen-bond acceptors (Lipinski definition) is 14. The molecule has 3 aliphatic rings. The zero-order valence-corrected chi connectivity index (χ0v) is 35.2. The van der Waals surface area contributed by atoms with Crippen molar-refractivity contribution < 1.29 is 69.7 Å². The Labute approximate surface area is 323 Å². The maximum atomic E-state index is 14.2. The molecule has 54 heavy (non-hydrogen) atoms. The van der Waals surface area contributed by atoms with Crippen molar-refractivity contribution in [2.45, 2.75) is 185 Å². The molecule has 0 amide bonds. The van der Waals surface area contributed by atoms with Gasteiger partial charge >= 0.3 is 5.97 Å². The first-order chi connectivity index (χ1) is 23.9. The number of carbonyl (C=O) groups excluding carboxylic acids is 1. The van der Waals surface area contributed by atoms with Crippen LogP contribution in [-0.4, -0.2) is 177 Å². The Morgan fingerprint density at radius 3 is 2.06 bits per heavy atom. The molecular formula is C38H76N2O14. The van der Waals surface area contributed by atoms with Gasteiger partial charge in [-0.1, -0.05) is 20.8 Å². The fourth-order valence-corrected chi connectivity index (χ4v) is 8.74. The molecule has 3 aliphatic heterocycles. The van der Waals surface area contributed by atoms with Gasteiger partial charge in [0.2, 0.25) is 0 Å². The molecule has 16 heteroatoms. The van der Waals surface area contributed by atoms with Gasteiger partial charge in [-0.3, -0.25) is 4.79 Å². The minimum absolute atomic E-state index is 0. The second kappa shape index (κ2) is 20.1. The lowest BCUT2D eigenvalue weighted by Crippen LogP contribution is -2.60. The molecule has 0 spiro atoms. The molecule has 0 aromatic rings. The van der Waals surface area contributed by atoms with E-state index < -0.39 is 96.0 Å². The summed E-state index contributed by atoms with van der Waals surface area (Å²) in [5, 5.41) is 58.1. The first kappa shape index (κ1) is 50.9. The number of aliphatic hydroxyl groups is 5. The zero-order chi connectivity index (χ0) is 39.7. The highest BCUT2D eigenvalue weighted by atomic mass is 16.7. The Bertz CT molecular complexity index is 1150. The quantitative estimate of drug-likeness (QED) is 0.218. The van der Waals surface area contributed by atoms with E-state index >= 15 is 0 Å². The maximum absolute atomic E-state index is 14.2. The Kier molecular flexibility index (Phi) is 18.9. The van der Waals surface area contributed by atoms with E-state index in [1.807, 2.05) is 51.7 Å². The van der Waals surface area contributed by atoms with Crippen LogP contribution in [0.1, 0.15) is 94.9 Å². The monoisotopic (exact) mass is 785 g/mol. The number of nitrogens with zero attached hydrogens (tertiary/aromatic N) is 2. The number of aliphatic hydroxyl groups excluding tert-OH is 3. The minimum Gasteiger partial charge on any atom is -0.459 e. The predicted octanol–water partition coefficient (Wildman–Crippen LogP) is 0.251. The molecule has 8 unspecified atom stereocenters. The lowest BCUT2D eigenvalue weighted by molar-refractivity contribution is -0.318. The molecule has 0 aromatic carbocycles. The lowest BCUT2D eigenvalue weighted by atomic mass is 9.77. The van der Waals surface area contributed by atoms with Gasteiger partial charge in [-0.05, 0) is 94.8 Å². The molecule has 16 nitrogen and oxygen atoms in total. The molecule has 0 aromatic heterocycles. The van der Waals surface area contributed by atoms with Gasteiger partial charge in [0.1, 0.15) is 30.0 Å². The summed E-state index contributed by atoms with van der Waals surface area (Å²) in [6, 6.07) is -0.808. The third-order valence-corrected chi connectivity index (χ3v) is 12.2. The molecule has 0 radical (unpaired) electrons. The van der Waals surface area contributed by atoms with Crippen molar-refractivity contribution in [2.24, 2.45) is 17.8 Å². The molecule has 3 saturated heterocycles. The second-order valence-corrected chi connectivity index (χ2v) is 17.2. The van der Waals surface area contributed by atoms with E-state index in [1.54, 1.807) is 41.5 Å². The molecule has 18 atom stereocenters. The molecule has 3 rings (SSSR count). The third kappa shape index (κ3) is 11.3. The smallest absolute Gasteiger partial charge is 0.311 e. The molecule has 322 valence electrons. The van der Waals surface area contributed by atoms with Crippen molar-refractivity contribution in [2.75, 3.05) is 34.8 Å². The van der Waals surface area contributed by atoms with E-state index in [4.69, 9.17) is 28.4 Å². The van der Waals surface area contributed by atoms with E-state index in [-0.39, 0.29) is 48.3 Å². The number of ether oxygens (including phenoxy) is 6. The Morgan fingerprint density at radius 1 is 0.926 bits per heavy atom. The van der Waals surface area contributed by atoms with Gasteiger partial charge in [0.25, 0.3) is 0 Å². The number of hydrogen-bond donors (Lipinski definition) is 5. The highest BCUT2D eigenvalue weighted by Crippen LogP contribution is 2.40. The number of esters is 1. The van der Waals surface area contributed by atoms with Crippen LogP contribution in [0.2, 0.25) is 0 Å². The van der Waals surface area contributed by atoms with Crippen LogP contribution in [0, 0.1) is 17.8 Å². The molecule has 9 N–H and O–H groups in total. The first-order valence-electron chi connectivity index (χ1n) is 19.1. The summed E-state index contributed by atoms with van der Waals surface area (Å²) < 4.78 is 37.5. The Morgan fingerprint density at radius 2 is 1.52 bits per heavy atom. The van der Waals surface area contributed by atoms with Crippen molar-refractivity contribution in [3.63, 3.8) is 0 Å². The van der Waals surface area contributed by atoms with Crippen LogP contribution in [0.3, 0.4) is 0 Å². The van der Waals surface area contributed by atoms with Crippen LogP contribution in [0.4, 0.5) is 0 Å². The summed E-state index contributed by atoms with van der Waals surface area (Å²) in [4.78, 5) is 18.0. The second-order valence-electron chi connectivity index (χ2n) is 17.2. The van der Waals surface area contributed by atoms with Crippen LogP contribution in [0.25, 0.3) is 0 Å². The van der Waals surface area contributed by atoms with Gasteiger partial charge in [-0.25, -0.2) is 0 Å². The Hall–Kier alpha value is -1.09. The van der Waals surface area contributed by atoms with E-state index in [2.05, 4.69) is 0 Å². The van der Waals surface area contributed by atoms with Gasteiger partial charge in [0.05, 0.1) is 41.5 Å². The molecule has 0 bridgehead atoms. The molecule has 0 aliphatic carbocycles. The number of rotatable bonds is 7. The summed E-state index contributed by atoms with van der Waals surface area (Å²) in [6.45, 7) is 18.0. The van der Waals surface area contributed by atoms with Gasteiger partial charge in [-0.2, -0.15) is 0 Å². The van der Waals surface area contributed by atoms with Crippen molar-refractivity contribution in [3.8, 4) is 0 Å². The third-order valence-electron chi connectivity index (χ3n) is 12.2. The van der Waals surface area contributed by atoms with Crippen molar-refractivity contribution in [3.05, 3.63) is 0 Å². The van der Waals surface area contributed by atoms with Gasteiger partial charge < -0.3 is 74.7 Å². The van der Waals surface area contributed by atoms with Crippen LogP contribution < -0.4 is 0 Å². The average molecular weight is 785 g/mol. The number of likely N-dealkylation sites (N-methyl/N-ethyl adjacent to an activating group) is 2. The van der Waals surface area contributed by atoms with Crippen molar-refractivity contribution in [1.29, 1.82) is 0 Å². The van der Waals surface area contributed by atoms with Crippen molar-refractivity contribution in [1.82, 2.24) is 9.80 Å². The Balaban J connectivity index is 0.00000729. The van der Waals surface area contributed by atoms with Gasteiger partial charge in [0.15, 0.2) is 12.6 Å². The van der Waals surface area contributed by atoms with E-state index in [1.165, 1.54) is 14.0 Å². The van der Waals surface area contributed by atoms with Gasteiger partial charge in [0, 0.05) is 38.1 Å². The number of carbonyl (C=O) groups is 1. The summed E-state index contributed by atoms with van der Waals surface area (Å²) in [5.41, 5.74) is -4.37. The van der Waals surface area contributed by atoms with E-state index in [0.717, 1.165) is 0 Å². The first-order valence-corrected chi connectivity index (χ1v) is 19.1. The zero-order valence-electron chi connectivity index (χ0n) is 35.2. The molecular weight excluding hydrogens is 708 g/mol. The highest BCUT2D eigenvalue weighted by molar-refractivity contribution is 5.73. The predicted molar refractivity (Wildman–Crippen MR) is 201 cm³/mol. The fourth-order valence-electron chi connectivity index (χ4n) is 8.74. The van der Waals surface area contributed by atoms with E-state index in [9.17, 15) is 30.3 Å². The minimum atomic E-state index is -1.80. The van der Waals surface area contributed by atoms with Crippen LogP contribution in [0.15, 0.2) is 0 Å². The summed E-state index contributed by atoms with van der Waals surface area (Å²) in [7, 11) is 7.12. The van der Waals surface area contributed by atoms with E-state index in [0.29, 0.717) is 13.0 Å². The standard InChI is InChI=1S/C38H72N2O12.2H2O/c1-15-27-38(10,46)31(42)24(6)40(13)19-20(2)17-36(8,45)33(52-35-29(41)26(39(11)12)16-21(3)48-35)22(4)30(23(5)34(44)50-27)51-28-18-37(9,47-14)32(43)25(7)49-28;;/h20-33,35,41-43,45-46H,15-19H2,1-14H3;2*1H2/t20-,21?,22+,23-,24-,25?,26?,27-,28?,29?,30+,31-,32?,33+,35?,36-,37?,38-;;/m1../s1. The van der Waals surface area contributed by atoms with Crippen LogP contribution >= 0.6 is 0 Å². The number of methoxy groups -OCH3 is 1. The average Bonchev–Trinajstić information content (AvgIpc) is 3.05. The number of cyclic esters (lactones) is 1. The normalized spacial score (nSPS) is 47.8. The SMILES string of the molecule is CC[C@H]1OC(=O)[C@H](C)[C@@H](OC2CC(C)(OC)C(O)C(C)O2)[C@H](C)[C@H](OC2OC(C)CC(N(C)C)C2O)[C@](C)(O)C[C@@H](C)CN(C)[C@H](C)[C@@H](O)[C@]1(C)O.O.O. The maximum Gasteiger partial charge on any atom is 0.311 e. The fraction of sp³-hybridized carbons (Fsp3) is 0.974. The summed E-state index contributed by atoms with van der Waals surface area (Å²) in [6.07, 6.45) is -8.19. The highest BCUT2D eigenvalue weighted by Gasteiger charge is 2.52. The van der Waals surface area contributed by atoms with Crippen LogP contribution in [0.5, 0.6) is 0 Å². The largest absolute Gasteiger partial charge is 0.459 e. The molecule has 3 heterocycles.